The van der Waals surface area contributed by atoms with Crippen LogP contribution < -0.4 is 9.80 Å². The summed E-state index contributed by atoms with van der Waals surface area (Å²) >= 11 is 0. The van der Waals surface area contributed by atoms with Gasteiger partial charge in [0.05, 0.1) is 12.4 Å². The van der Waals surface area contributed by atoms with Crippen molar-refractivity contribution in [2.75, 3.05) is 37.0 Å². The second-order valence-corrected chi connectivity index (χ2v) is 7.30. The molecule has 1 aliphatic carbocycles. The second kappa shape index (κ2) is 6.42. The van der Waals surface area contributed by atoms with Crippen LogP contribution in [0.25, 0.3) is 0 Å². The van der Waals surface area contributed by atoms with Gasteiger partial charge in [-0.1, -0.05) is 0 Å². The smallest absolute Gasteiger partial charge is 0.149 e. The number of hydrogen-bond acceptors (Lipinski definition) is 5. The van der Waals surface area contributed by atoms with Crippen LogP contribution in [-0.4, -0.2) is 46.7 Å². The van der Waals surface area contributed by atoms with Gasteiger partial charge in [0.15, 0.2) is 0 Å². The van der Waals surface area contributed by atoms with Gasteiger partial charge in [-0.05, 0) is 31.6 Å². The number of nitrogens with zero attached hydrogens (tertiary/aromatic N) is 6. The standard InChI is InChI=1S/C18H26N6/c1-22(2)16-10-19-11-17(21-16)23-8-3-4-15(13-23)18-20-7-9-24(18)12-14-5-6-14/h7,9-11,14-15H,3-6,8,12-13H2,1-2H3. The maximum Gasteiger partial charge on any atom is 0.149 e. The topological polar surface area (TPSA) is 50.1 Å². The second-order valence-electron chi connectivity index (χ2n) is 7.30. The average molecular weight is 326 g/mol. The zero-order valence-electron chi connectivity index (χ0n) is 14.6. The summed E-state index contributed by atoms with van der Waals surface area (Å²) in [4.78, 5) is 18.2. The molecule has 4 rings (SSSR count). The number of imidazole rings is 1. The summed E-state index contributed by atoms with van der Waals surface area (Å²) in [5.74, 6) is 4.50. The first kappa shape index (κ1) is 15.4. The van der Waals surface area contributed by atoms with Crippen LogP contribution in [0.2, 0.25) is 0 Å². The van der Waals surface area contributed by atoms with Crippen molar-refractivity contribution in [2.45, 2.75) is 38.1 Å². The Bertz CT molecular complexity index is 690. The molecule has 2 aromatic rings. The quantitative estimate of drug-likeness (QED) is 0.845. The minimum absolute atomic E-state index is 0.484. The van der Waals surface area contributed by atoms with Crippen molar-refractivity contribution >= 4 is 11.6 Å². The van der Waals surface area contributed by atoms with E-state index in [1.807, 2.05) is 37.6 Å². The van der Waals surface area contributed by atoms with Gasteiger partial charge < -0.3 is 14.4 Å². The van der Waals surface area contributed by atoms with E-state index in [0.717, 1.165) is 37.2 Å². The molecule has 1 unspecified atom stereocenters. The molecule has 2 aromatic heterocycles. The van der Waals surface area contributed by atoms with Gasteiger partial charge in [0.2, 0.25) is 0 Å². The molecule has 128 valence electrons. The lowest BCUT2D eigenvalue weighted by Crippen LogP contribution is -2.36. The van der Waals surface area contributed by atoms with Crippen molar-refractivity contribution in [3.8, 4) is 0 Å². The third-order valence-corrected chi connectivity index (χ3v) is 5.08. The van der Waals surface area contributed by atoms with Gasteiger partial charge in [-0.25, -0.2) is 9.97 Å². The van der Waals surface area contributed by atoms with Crippen LogP contribution in [0.3, 0.4) is 0 Å². The molecule has 3 heterocycles. The fourth-order valence-electron chi connectivity index (χ4n) is 3.52. The van der Waals surface area contributed by atoms with E-state index >= 15 is 0 Å². The van der Waals surface area contributed by atoms with Crippen molar-refractivity contribution in [2.24, 2.45) is 5.92 Å². The molecule has 1 saturated heterocycles. The lowest BCUT2D eigenvalue weighted by atomic mass is 9.97. The third-order valence-electron chi connectivity index (χ3n) is 5.08. The van der Waals surface area contributed by atoms with Gasteiger partial charge in [-0.15, -0.1) is 0 Å². The van der Waals surface area contributed by atoms with Gasteiger partial charge in [0.1, 0.15) is 17.5 Å². The molecule has 0 amide bonds. The van der Waals surface area contributed by atoms with Crippen LogP contribution in [0.4, 0.5) is 11.6 Å². The molecule has 2 aliphatic rings. The number of piperidine rings is 1. The normalized spacial score (nSPS) is 21.1. The molecule has 2 fully saturated rings. The van der Waals surface area contributed by atoms with E-state index in [4.69, 9.17) is 4.98 Å². The van der Waals surface area contributed by atoms with E-state index in [1.54, 1.807) is 0 Å². The van der Waals surface area contributed by atoms with Crippen LogP contribution >= 0.6 is 0 Å². The molecule has 24 heavy (non-hydrogen) atoms. The Morgan fingerprint density at radius 2 is 2.08 bits per heavy atom. The van der Waals surface area contributed by atoms with E-state index in [9.17, 15) is 0 Å². The minimum Gasteiger partial charge on any atom is -0.361 e. The van der Waals surface area contributed by atoms with Crippen molar-refractivity contribution < 1.29 is 0 Å². The fraction of sp³-hybridized carbons (Fsp3) is 0.611. The summed E-state index contributed by atoms with van der Waals surface area (Å²) in [6, 6.07) is 0. The highest BCUT2D eigenvalue weighted by Gasteiger charge is 2.28. The molecule has 1 atom stereocenters. The molecule has 6 heteroatoms. The van der Waals surface area contributed by atoms with Gasteiger partial charge in [-0.3, -0.25) is 4.98 Å². The predicted octanol–water partition coefficient (Wildman–Crippen LogP) is 2.53. The highest BCUT2D eigenvalue weighted by atomic mass is 15.2. The summed E-state index contributed by atoms with van der Waals surface area (Å²) in [7, 11) is 4.00. The molecular formula is C18H26N6. The van der Waals surface area contributed by atoms with E-state index in [-0.39, 0.29) is 0 Å². The summed E-state index contributed by atoms with van der Waals surface area (Å²) in [6.07, 6.45) is 12.9. The van der Waals surface area contributed by atoms with Crippen LogP contribution in [0.1, 0.15) is 37.4 Å². The van der Waals surface area contributed by atoms with E-state index in [0.29, 0.717) is 5.92 Å². The highest BCUT2D eigenvalue weighted by Crippen LogP contribution is 2.33. The third kappa shape index (κ3) is 3.23. The zero-order chi connectivity index (χ0) is 16.5. The maximum absolute atomic E-state index is 4.75. The Morgan fingerprint density at radius 1 is 1.21 bits per heavy atom. The average Bonchev–Trinajstić information content (AvgIpc) is 3.30. The molecule has 0 bridgehead atoms. The predicted molar refractivity (Wildman–Crippen MR) is 95.5 cm³/mol. The molecule has 0 radical (unpaired) electrons. The Kier molecular flexibility index (Phi) is 4.12. The van der Waals surface area contributed by atoms with Gasteiger partial charge in [-0.2, -0.15) is 0 Å². The lowest BCUT2D eigenvalue weighted by Gasteiger charge is -2.33. The number of anilines is 2. The number of hydrogen-bond donors (Lipinski definition) is 0. The molecule has 0 aromatic carbocycles. The van der Waals surface area contributed by atoms with Gasteiger partial charge in [0, 0.05) is 52.0 Å². The molecular weight excluding hydrogens is 300 g/mol. The molecule has 6 nitrogen and oxygen atoms in total. The summed E-state index contributed by atoms with van der Waals surface area (Å²) in [6.45, 7) is 3.17. The van der Waals surface area contributed by atoms with E-state index in [1.165, 1.54) is 31.5 Å². The first-order chi connectivity index (χ1) is 11.7. The Hall–Kier alpha value is -2.11. The first-order valence-corrected chi connectivity index (χ1v) is 8.96. The lowest BCUT2D eigenvalue weighted by molar-refractivity contribution is 0.461. The van der Waals surface area contributed by atoms with Crippen LogP contribution in [0, 0.1) is 5.92 Å². The monoisotopic (exact) mass is 326 g/mol. The van der Waals surface area contributed by atoms with Crippen molar-refractivity contribution in [3.05, 3.63) is 30.6 Å². The summed E-state index contributed by atoms with van der Waals surface area (Å²) in [5.41, 5.74) is 0. The Morgan fingerprint density at radius 3 is 2.88 bits per heavy atom. The van der Waals surface area contributed by atoms with Gasteiger partial charge >= 0.3 is 0 Å². The SMILES string of the molecule is CN(C)c1cncc(N2CCCC(c3nccn3CC3CC3)C2)n1. The van der Waals surface area contributed by atoms with Crippen molar-refractivity contribution in [1.29, 1.82) is 0 Å². The molecule has 0 N–H and O–H groups in total. The minimum atomic E-state index is 0.484. The van der Waals surface area contributed by atoms with Crippen molar-refractivity contribution in [3.63, 3.8) is 0 Å². The number of aromatic nitrogens is 4. The maximum atomic E-state index is 4.75. The van der Waals surface area contributed by atoms with Crippen LogP contribution in [-0.2, 0) is 6.54 Å². The van der Waals surface area contributed by atoms with Crippen molar-refractivity contribution in [1.82, 2.24) is 19.5 Å². The largest absolute Gasteiger partial charge is 0.361 e. The summed E-state index contributed by atoms with van der Waals surface area (Å²) < 4.78 is 2.38. The molecule has 0 spiro atoms. The number of rotatable bonds is 5. The fourth-order valence-corrected chi connectivity index (χ4v) is 3.52. The molecule has 1 saturated carbocycles. The zero-order valence-corrected chi connectivity index (χ0v) is 14.6. The van der Waals surface area contributed by atoms with Gasteiger partial charge in [0.25, 0.3) is 0 Å². The highest BCUT2D eigenvalue weighted by molar-refractivity contribution is 5.45. The Labute approximate surface area is 143 Å². The first-order valence-electron chi connectivity index (χ1n) is 8.96. The van der Waals surface area contributed by atoms with Crippen LogP contribution in [0.5, 0.6) is 0 Å². The van der Waals surface area contributed by atoms with E-state index < -0.39 is 0 Å². The Balaban J connectivity index is 1.51. The van der Waals surface area contributed by atoms with Crippen LogP contribution in [0.15, 0.2) is 24.8 Å². The van der Waals surface area contributed by atoms with E-state index in [2.05, 4.69) is 25.6 Å². The molecule has 1 aliphatic heterocycles. The summed E-state index contributed by atoms with van der Waals surface area (Å²) in [5, 5.41) is 0.